The summed E-state index contributed by atoms with van der Waals surface area (Å²) in [5.41, 5.74) is 0.0207. The average Bonchev–Trinajstić information content (AvgIpc) is 2.78. The second-order valence-corrected chi connectivity index (χ2v) is 4.90. The van der Waals surface area contributed by atoms with Crippen molar-refractivity contribution in [3.63, 3.8) is 0 Å². The Morgan fingerprint density at radius 2 is 2.32 bits per heavy atom. The Morgan fingerprint density at radius 1 is 1.53 bits per heavy atom. The van der Waals surface area contributed by atoms with E-state index >= 15 is 0 Å². The molecule has 0 fully saturated rings. The molecule has 0 radical (unpaired) electrons. The van der Waals surface area contributed by atoms with E-state index in [1.165, 1.54) is 12.1 Å². The highest BCUT2D eigenvalue weighted by Crippen LogP contribution is 2.15. The Kier molecular flexibility index (Phi) is 4.26. The van der Waals surface area contributed by atoms with Crippen LogP contribution in [0.3, 0.4) is 0 Å². The van der Waals surface area contributed by atoms with Crippen LogP contribution in [0, 0.1) is 5.82 Å². The molecule has 0 unspecified atom stereocenters. The van der Waals surface area contributed by atoms with E-state index in [0.717, 1.165) is 5.82 Å². The van der Waals surface area contributed by atoms with Gasteiger partial charge in [-0.3, -0.25) is 4.79 Å². The van der Waals surface area contributed by atoms with Gasteiger partial charge in [0.2, 0.25) is 0 Å². The van der Waals surface area contributed by atoms with Crippen molar-refractivity contribution in [2.24, 2.45) is 7.05 Å². The number of hydrogen-bond donors (Lipinski definition) is 1. The van der Waals surface area contributed by atoms with Crippen LogP contribution in [0.5, 0.6) is 0 Å². The number of carbonyl (C=O) groups is 1. The summed E-state index contributed by atoms with van der Waals surface area (Å²) in [7, 11) is 1.82. The lowest BCUT2D eigenvalue weighted by Crippen LogP contribution is -2.27. The summed E-state index contributed by atoms with van der Waals surface area (Å²) in [4.78, 5) is 11.8. The summed E-state index contributed by atoms with van der Waals surface area (Å²) in [6.07, 6.45) is 2.13. The minimum atomic E-state index is -0.542. The molecule has 100 valence electrons. The summed E-state index contributed by atoms with van der Waals surface area (Å²) < 4.78 is 15.9. The van der Waals surface area contributed by atoms with Crippen LogP contribution < -0.4 is 5.32 Å². The molecule has 0 aliphatic rings. The molecule has 2 rings (SSSR count). The summed E-state index contributed by atoms with van der Waals surface area (Å²) in [6.45, 7) is 0.372. The fourth-order valence-corrected chi connectivity index (χ4v) is 1.95. The van der Waals surface area contributed by atoms with Crippen molar-refractivity contribution in [2.45, 2.75) is 6.42 Å². The van der Waals surface area contributed by atoms with Crippen LogP contribution in [0.4, 0.5) is 4.39 Å². The zero-order chi connectivity index (χ0) is 13.8. The highest BCUT2D eigenvalue weighted by atomic mass is 79.9. The molecule has 0 atom stereocenters. The standard InChI is InChI=1S/C12H12BrFN4O/c1-18-7-16-17-11(18)4-5-15-12(19)9-6-8(13)2-3-10(9)14/h2-3,6-7H,4-5H2,1H3,(H,15,19). The molecule has 0 spiro atoms. The van der Waals surface area contributed by atoms with E-state index in [1.807, 2.05) is 7.05 Å². The molecule has 0 aliphatic heterocycles. The number of benzene rings is 1. The first-order valence-electron chi connectivity index (χ1n) is 5.64. The van der Waals surface area contributed by atoms with Gasteiger partial charge in [0.15, 0.2) is 0 Å². The van der Waals surface area contributed by atoms with Gasteiger partial charge in [-0.1, -0.05) is 15.9 Å². The highest BCUT2D eigenvalue weighted by molar-refractivity contribution is 9.10. The Labute approximate surface area is 118 Å². The fraction of sp³-hybridized carbons (Fsp3) is 0.250. The molecule has 0 saturated carbocycles. The lowest BCUT2D eigenvalue weighted by atomic mass is 10.2. The van der Waals surface area contributed by atoms with Crippen molar-refractivity contribution in [3.05, 3.63) is 46.2 Å². The molecule has 1 N–H and O–H groups in total. The summed E-state index contributed by atoms with van der Waals surface area (Å²) in [5.74, 6) is -0.227. The smallest absolute Gasteiger partial charge is 0.254 e. The van der Waals surface area contributed by atoms with Gasteiger partial charge in [-0.2, -0.15) is 0 Å². The molecule has 0 aliphatic carbocycles. The van der Waals surface area contributed by atoms with Gasteiger partial charge in [0.25, 0.3) is 5.91 Å². The Morgan fingerprint density at radius 3 is 3.00 bits per heavy atom. The van der Waals surface area contributed by atoms with Crippen molar-refractivity contribution >= 4 is 21.8 Å². The lowest BCUT2D eigenvalue weighted by Gasteiger charge is -2.06. The summed E-state index contributed by atoms with van der Waals surface area (Å²) in [6, 6.07) is 4.25. The molecule has 1 aromatic carbocycles. The molecule has 7 heteroatoms. The molecular weight excluding hydrogens is 315 g/mol. The third-order valence-corrected chi connectivity index (χ3v) is 3.11. The largest absolute Gasteiger partial charge is 0.351 e. The molecule has 1 heterocycles. The fourth-order valence-electron chi connectivity index (χ4n) is 1.59. The molecule has 1 aromatic heterocycles. The van der Waals surface area contributed by atoms with Crippen molar-refractivity contribution in [1.29, 1.82) is 0 Å². The summed E-state index contributed by atoms with van der Waals surface area (Å²) in [5, 5.41) is 10.3. The first-order chi connectivity index (χ1) is 9.08. The van der Waals surface area contributed by atoms with E-state index in [0.29, 0.717) is 17.4 Å². The van der Waals surface area contributed by atoms with Crippen LogP contribution in [0.15, 0.2) is 29.0 Å². The maximum Gasteiger partial charge on any atom is 0.254 e. The monoisotopic (exact) mass is 326 g/mol. The maximum absolute atomic E-state index is 13.5. The lowest BCUT2D eigenvalue weighted by molar-refractivity contribution is 0.0950. The van der Waals surface area contributed by atoms with Gasteiger partial charge in [0.05, 0.1) is 5.56 Å². The molecule has 5 nitrogen and oxygen atoms in total. The second-order valence-electron chi connectivity index (χ2n) is 3.99. The molecule has 19 heavy (non-hydrogen) atoms. The number of carbonyl (C=O) groups excluding carboxylic acids is 1. The topological polar surface area (TPSA) is 59.8 Å². The quantitative estimate of drug-likeness (QED) is 0.930. The van der Waals surface area contributed by atoms with Crippen molar-refractivity contribution in [1.82, 2.24) is 20.1 Å². The number of rotatable bonds is 4. The minimum absolute atomic E-state index is 0.0207. The molecule has 1 amide bonds. The average molecular weight is 327 g/mol. The summed E-state index contributed by atoms with van der Waals surface area (Å²) >= 11 is 3.21. The highest BCUT2D eigenvalue weighted by Gasteiger charge is 2.12. The zero-order valence-electron chi connectivity index (χ0n) is 10.2. The van der Waals surface area contributed by atoms with Gasteiger partial charge in [0, 0.05) is 24.5 Å². The van der Waals surface area contributed by atoms with Gasteiger partial charge in [-0.15, -0.1) is 10.2 Å². The van der Waals surface area contributed by atoms with Crippen molar-refractivity contribution in [2.75, 3.05) is 6.54 Å². The third-order valence-electron chi connectivity index (χ3n) is 2.61. The number of aromatic nitrogens is 3. The first kappa shape index (κ1) is 13.7. The Hall–Kier alpha value is -1.76. The molecule has 0 saturated heterocycles. The van der Waals surface area contributed by atoms with Crippen LogP contribution in [0.25, 0.3) is 0 Å². The van der Waals surface area contributed by atoms with Gasteiger partial charge in [-0.05, 0) is 18.2 Å². The predicted molar refractivity (Wildman–Crippen MR) is 71.1 cm³/mol. The SMILES string of the molecule is Cn1cnnc1CCNC(=O)c1cc(Br)ccc1F. The maximum atomic E-state index is 13.5. The zero-order valence-corrected chi connectivity index (χ0v) is 11.8. The number of aryl methyl sites for hydroxylation is 1. The van der Waals surface area contributed by atoms with E-state index in [2.05, 4.69) is 31.4 Å². The third kappa shape index (κ3) is 3.37. The van der Waals surface area contributed by atoms with Crippen LogP contribution in [0.2, 0.25) is 0 Å². The predicted octanol–water partition coefficient (Wildman–Crippen LogP) is 1.69. The van der Waals surface area contributed by atoms with Gasteiger partial charge >= 0.3 is 0 Å². The molecular formula is C12H12BrFN4O. The Bertz CT molecular complexity index is 599. The normalized spacial score (nSPS) is 10.5. The van der Waals surface area contributed by atoms with Gasteiger partial charge in [0.1, 0.15) is 18.0 Å². The van der Waals surface area contributed by atoms with Gasteiger partial charge in [-0.25, -0.2) is 4.39 Å². The first-order valence-corrected chi connectivity index (χ1v) is 6.43. The Balaban J connectivity index is 1.94. The van der Waals surface area contributed by atoms with Crippen LogP contribution in [-0.4, -0.2) is 27.2 Å². The molecule has 2 aromatic rings. The second kappa shape index (κ2) is 5.92. The van der Waals surface area contributed by atoms with Crippen molar-refractivity contribution in [3.8, 4) is 0 Å². The number of nitrogens with zero attached hydrogens (tertiary/aromatic N) is 3. The van der Waals surface area contributed by atoms with E-state index in [4.69, 9.17) is 0 Å². The molecule has 0 bridgehead atoms. The van der Waals surface area contributed by atoms with Crippen LogP contribution >= 0.6 is 15.9 Å². The number of halogens is 2. The van der Waals surface area contributed by atoms with E-state index in [1.54, 1.807) is 17.0 Å². The van der Waals surface area contributed by atoms with Crippen LogP contribution in [-0.2, 0) is 13.5 Å². The van der Waals surface area contributed by atoms with Crippen LogP contribution in [0.1, 0.15) is 16.2 Å². The minimum Gasteiger partial charge on any atom is -0.351 e. The number of hydrogen-bond acceptors (Lipinski definition) is 3. The van der Waals surface area contributed by atoms with Gasteiger partial charge < -0.3 is 9.88 Å². The van der Waals surface area contributed by atoms with E-state index < -0.39 is 11.7 Å². The van der Waals surface area contributed by atoms with E-state index in [-0.39, 0.29) is 5.56 Å². The van der Waals surface area contributed by atoms with Crippen molar-refractivity contribution < 1.29 is 9.18 Å². The van der Waals surface area contributed by atoms with E-state index in [9.17, 15) is 9.18 Å². The number of amides is 1. The number of nitrogens with one attached hydrogen (secondary N) is 1.